The molecule has 0 heterocycles. The van der Waals surface area contributed by atoms with E-state index in [1.165, 1.54) is 18.2 Å². The Morgan fingerprint density at radius 2 is 0.903 bits per heavy atom. The molecule has 0 aliphatic rings. The Morgan fingerprint density at radius 1 is 0.581 bits per heavy atom. The van der Waals surface area contributed by atoms with Crippen molar-refractivity contribution in [2.24, 2.45) is 0 Å². The summed E-state index contributed by atoms with van der Waals surface area (Å²) in [5.41, 5.74) is 0.849. The van der Waals surface area contributed by atoms with E-state index in [9.17, 15) is 18.9 Å². The maximum absolute atomic E-state index is 13.6. The van der Waals surface area contributed by atoms with E-state index in [2.05, 4.69) is 0 Å². The Morgan fingerprint density at radius 3 is 1.26 bits per heavy atom. The first-order valence-corrected chi connectivity index (χ1v) is 11.1. The van der Waals surface area contributed by atoms with Crippen molar-refractivity contribution >= 4 is 25.1 Å². The Hall–Kier alpha value is -3.50. The molecular weight excluding hydrogens is 415 g/mol. The molecule has 0 spiro atoms. The molecule has 0 aliphatic carbocycles. The first kappa shape index (κ1) is 22.2. The summed E-state index contributed by atoms with van der Waals surface area (Å²) in [5.74, 6) is -2.03. The predicted molar refractivity (Wildman–Crippen MR) is 116 cm³/mol. The van der Waals surface area contributed by atoms with Crippen LogP contribution < -0.4 is 0 Å². The van der Waals surface area contributed by atoms with Crippen molar-refractivity contribution in [1.82, 2.24) is 0 Å². The molecule has 0 fully saturated rings. The summed E-state index contributed by atoms with van der Waals surface area (Å²) >= 11 is 0. The fourth-order valence-electron chi connectivity index (χ4n) is 2.98. The lowest BCUT2D eigenvalue weighted by Crippen LogP contribution is -2.17. The smallest absolute Gasteiger partial charge is 0.374 e. The van der Waals surface area contributed by atoms with Crippen LogP contribution in [0.5, 0.6) is 0 Å². The molecule has 0 unspecified atom stereocenters. The molecule has 31 heavy (non-hydrogen) atoms. The quantitative estimate of drug-likeness (QED) is 0.464. The Bertz CT molecular complexity index is 1150. The summed E-state index contributed by atoms with van der Waals surface area (Å²) in [6.45, 7) is 4.98. The maximum atomic E-state index is 13.6. The number of carbonyl (C=O) groups excluding carboxylic acids is 3. The molecule has 0 saturated carbocycles. The van der Waals surface area contributed by atoms with Crippen molar-refractivity contribution in [3.8, 4) is 0 Å². The number of aryl methyl sites for hydroxylation is 3. The summed E-state index contributed by atoms with van der Waals surface area (Å²) in [6, 6.07) is 19.3. The van der Waals surface area contributed by atoms with E-state index >= 15 is 0 Å². The van der Waals surface area contributed by atoms with Crippen molar-refractivity contribution in [2.75, 3.05) is 0 Å². The molecule has 0 bridgehead atoms. The number of rotatable bonds is 6. The fraction of sp³-hybridized carbons (Fsp3) is 0.125. The maximum Gasteiger partial charge on any atom is 0.508 e. The molecule has 0 N–H and O–H groups in total. The van der Waals surface area contributed by atoms with E-state index in [4.69, 9.17) is 9.05 Å². The summed E-state index contributed by atoms with van der Waals surface area (Å²) in [6.07, 6.45) is 0. The highest BCUT2D eigenvalue weighted by Crippen LogP contribution is 2.53. The van der Waals surface area contributed by atoms with Gasteiger partial charge in [0.1, 0.15) is 0 Å². The molecule has 158 valence electrons. The van der Waals surface area contributed by atoms with E-state index in [0.717, 1.165) is 0 Å². The van der Waals surface area contributed by atoms with Gasteiger partial charge in [0, 0.05) is 5.56 Å². The molecule has 0 atom stereocenters. The van der Waals surface area contributed by atoms with Gasteiger partial charge >= 0.3 is 19.5 Å². The molecule has 3 aromatic rings. The lowest BCUT2D eigenvalue weighted by molar-refractivity contribution is 0.0608. The molecule has 6 nitrogen and oxygen atoms in total. The van der Waals surface area contributed by atoms with Crippen LogP contribution in [0.3, 0.4) is 0 Å². The van der Waals surface area contributed by atoms with Crippen LogP contribution in [-0.2, 0) is 13.6 Å². The molecule has 0 aromatic heterocycles. The summed E-state index contributed by atoms with van der Waals surface area (Å²) in [5, 5.41) is 0. The van der Waals surface area contributed by atoms with Gasteiger partial charge in [-0.1, -0.05) is 60.7 Å². The highest BCUT2D eigenvalue weighted by molar-refractivity contribution is 7.73. The third-order valence-corrected chi connectivity index (χ3v) is 6.31. The Balaban J connectivity index is 2.02. The summed E-state index contributed by atoms with van der Waals surface area (Å²) in [4.78, 5) is 38.7. The van der Waals surface area contributed by atoms with E-state index in [1.807, 2.05) is 0 Å². The zero-order valence-electron chi connectivity index (χ0n) is 17.3. The van der Waals surface area contributed by atoms with Crippen LogP contribution in [0.15, 0.2) is 72.8 Å². The first-order valence-electron chi connectivity index (χ1n) is 9.52. The van der Waals surface area contributed by atoms with Gasteiger partial charge in [-0.3, -0.25) is 4.79 Å². The van der Waals surface area contributed by atoms with Crippen molar-refractivity contribution in [2.45, 2.75) is 20.8 Å². The SMILES string of the molecule is Cc1ccccc1C(=O)OP(=O)(OC(=O)c1ccccc1C)C(=O)c1ccccc1C. The van der Waals surface area contributed by atoms with Gasteiger partial charge in [-0.15, -0.1) is 0 Å². The lowest BCUT2D eigenvalue weighted by atomic mass is 10.1. The van der Waals surface area contributed by atoms with Gasteiger partial charge in [-0.2, -0.15) is 0 Å². The van der Waals surface area contributed by atoms with E-state index < -0.39 is 25.1 Å². The fourth-order valence-corrected chi connectivity index (χ4v) is 4.36. The zero-order chi connectivity index (χ0) is 22.6. The van der Waals surface area contributed by atoms with Crippen molar-refractivity contribution < 1.29 is 28.0 Å². The molecule has 0 saturated heterocycles. The summed E-state index contributed by atoms with van der Waals surface area (Å²) in [7, 11) is -4.88. The number of benzene rings is 3. The summed E-state index contributed by atoms with van der Waals surface area (Å²) < 4.78 is 23.9. The van der Waals surface area contributed by atoms with E-state index in [1.54, 1.807) is 75.4 Å². The molecule has 0 radical (unpaired) electrons. The second kappa shape index (κ2) is 9.11. The minimum Gasteiger partial charge on any atom is -0.374 e. The zero-order valence-corrected chi connectivity index (χ0v) is 18.2. The van der Waals surface area contributed by atoms with Gasteiger partial charge < -0.3 is 9.05 Å². The number of carbonyl (C=O) groups is 3. The lowest BCUT2D eigenvalue weighted by Gasteiger charge is -2.18. The van der Waals surface area contributed by atoms with Gasteiger partial charge in [-0.25, -0.2) is 14.2 Å². The average molecular weight is 436 g/mol. The van der Waals surface area contributed by atoms with Crippen molar-refractivity contribution in [3.05, 3.63) is 106 Å². The molecule has 3 rings (SSSR count). The average Bonchev–Trinajstić information content (AvgIpc) is 2.74. The molecular formula is C24H21O6P. The third-order valence-electron chi connectivity index (χ3n) is 4.76. The molecule has 0 amide bonds. The van der Waals surface area contributed by atoms with Gasteiger partial charge in [0.25, 0.3) is 5.52 Å². The number of hydrogen-bond acceptors (Lipinski definition) is 6. The van der Waals surface area contributed by atoms with Crippen LogP contribution in [0.1, 0.15) is 47.8 Å². The highest BCUT2D eigenvalue weighted by Gasteiger charge is 2.44. The third kappa shape index (κ3) is 4.81. The van der Waals surface area contributed by atoms with Gasteiger partial charge in [-0.05, 0) is 49.6 Å². The minimum atomic E-state index is -4.88. The highest BCUT2D eigenvalue weighted by atomic mass is 31.2. The largest absolute Gasteiger partial charge is 0.508 e. The Labute approximate surface area is 180 Å². The molecule has 7 heteroatoms. The van der Waals surface area contributed by atoms with Crippen LogP contribution in [0.25, 0.3) is 0 Å². The number of hydrogen-bond donors (Lipinski definition) is 0. The second-order valence-electron chi connectivity index (χ2n) is 7.00. The van der Waals surface area contributed by atoms with Gasteiger partial charge in [0.05, 0.1) is 11.1 Å². The standard InChI is InChI=1S/C24H21O6P/c1-16-10-4-7-13-19(16)22(25)29-31(28,24(27)21-15-9-6-12-18(21)3)30-23(26)20-14-8-5-11-17(20)2/h4-15H,1-3H3. The second-order valence-corrected chi connectivity index (χ2v) is 8.77. The topological polar surface area (TPSA) is 86.7 Å². The van der Waals surface area contributed by atoms with Crippen LogP contribution in [0.4, 0.5) is 0 Å². The minimum absolute atomic E-state index is 0.0426. The van der Waals surface area contributed by atoms with Gasteiger partial charge in [0.2, 0.25) is 0 Å². The normalized spacial score (nSPS) is 10.9. The van der Waals surface area contributed by atoms with Crippen LogP contribution in [-0.4, -0.2) is 17.5 Å². The predicted octanol–water partition coefficient (Wildman–Crippen LogP) is 5.66. The van der Waals surface area contributed by atoms with Crippen LogP contribution >= 0.6 is 7.60 Å². The Kier molecular flexibility index (Phi) is 6.52. The van der Waals surface area contributed by atoms with E-state index in [-0.39, 0.29) is 16.7 Å². The molecule has 0 aliphatic heterocycles. The first-order chi connectivity index (χ1) is 14.7. The van der Waals surface area contributed by atoms with Crippen molar-refractivity contribution in [3.63, 3.8) is 0 Å². The van der Waals surface area contributed by atoms with Crippen molar-refractivity contribution in [1.29, 1.82) is 0 Å². The van der Waals surface area contributed by atoms with E-state index in [0.29, 0.717) is 16.7 Å². The van der Waals surface area contributed by atoms with Gasteiger partial charge in [0.15, 0.2) is 0 Å². The van der Waals surface area contributed by atoms with Crippen LogP contribution in [0, 0.1) is 20.8 Å². The molecule has 3 aromatic carbocycles. The van der Waals surface area contributed by atoms with Crippen LogP contribution in [0.2, 0.25) is 0 Å². The monoisotopic (exact) mass is 436 g/mol.